The van der Waals surface area contributed by atoms with Crippen molar-refractivity contribution < 1.29 is 13.9 Å². The van der Waals surface area contributed by atoms with Crippen LogP contribution in [0.25, 0.3) is 6.08 Å². The molecule has 0 unspecified atom stereocenters. The molecule has 2 N–H and O–H groups in total. The van der Waals surface area contributed by atoms with E-state index in [9.17, 15) is 9.18 Å². The Kier molecular flexibility index (Phi) is 4.00. The summed E-state index contributed by atoms with van der Waals surface area (Å²) in [7, 11) is 1.26. The van der Waals surface area contributed by atoms with Gasteiger partial charge in [-0.3, -0.25) is 0 Å². The molecule has 1 aromatic carbocycles. The van der Waals surface area contributed by atoms with Gasteiger partial charge in [-0.25, -0.2) is 9.18 Å². The zero-order valence-corrected chi connectivity index (χ0v) is 8.37. The molecule has 15 heavy (non-hydrogen) atoms. The van der Waals surface area contributed by atoms with E-state index < -0.39 is 11.8 Å². The lowest BCUT2D eigenvalue weighted by atomic mass is 10.1. The van der Waals surface area contributed by atoms with Gasteiger partial charge in [-0.1, -0.05) is 6.07 Å². The van der Waals surface area contributed by atoms with Gasteiger partial charge < -0.3 is 10.5 Å². The van der Waals surface area contributed by atoms with Crippen molar-refractivity contribution in [3.8, 4) is 0 Å². The molecule has 0 bridgehead atoms. The number of ether oxygens (including phenoxy) is 1. The van der Waals surface area contributed by atoms with E-state index in [0.29, 0.717) is 12.1 Å². The van der Waals surface area contributed by atoms with Crippen molar-refractivity contribution >= 4 is 12.0 Å². The van der Waals surface area contributed by atoms with Gasteiger partial charge in [0.1, 0.15) is 5.82 Å². The minimum absolute atomic E-state index is 0.323. The minimum Gasteiger partial charge on any atom is -0.466 e. The van der Waals surface area contributed by atoms with Crippen LogP contribution in [0.1, 0.15) is 11.1 Å². The average Bonchev–Trinajstić information content (AvgIpc) is 2.27. The Labute approximate surface area is 87.3 Å². The van der Waals surface area contributed by atoms with Crippen LogP contribution in [0.5, 0.6) is 0 Å². The molecule has 1 rings (SSSR count). The normalized spacial score (nSPS) is 10.6. The predicted octanol–water partition coefficient (Wildman–Crippen LogP) is 1.47. The summed E-state index contributed by atoms with van der Waals surface area (Å²) in [6.07, 6.45) is 2.53. The van der Waals surface area contributed by atoms with Gasteiger partial charge in [0.15, 0.2) is 0 Å². The number of carbonyl (C=O) groups is 1. The average molecular weight is 209 g/mol. The van der Waals surface area contributed by atoms with Crippen LogP contribution in [0.15, 0.2) is 24.3 Å². The summed E-state index contributed by atoms with van der Waals surface area (Å²) in [6, 6.07) is 4.51. The molecule has 0 spiro atoms. The molecule has 0 fully saturated rings. The number of rotatable bonds is 3. The first-order valence-electron chi connectivity index (χ1n) is 4.42. The second-order valence-electron chi connectivity index (χ2n) is 2.92. The largest absolute Gasteiger partial charge is 0.466 e. The maximum atomic E-state index is 13.2. The summed E-state index contributed by atoms with van der Waals surface area (Å²) in [4.78, 5) is 10.8. The molecule has 0 atom stereocenters. The molecule has 0 radical (unpaired) electrons. The Morgan fingerprint density at radius 2 is 2.33 bits per heavy atom. The third-order valence-electron chi connectivity index (χ3n) is 1.90. The zero-order chi connectivity index (χ0) is 11.3. The Morgan fingerprint density at radius 3 is 2.93 bits per heavy atom. The van der Waals surface area contributed by atoms with Crippen LogP contribution in [0, 0.1) is 5.82 Å². The van der Waals surface area contributed by atoms with Crippen molar-refractivity contribution in [1.82, 2.24) is 0 Å². The minimum atomic E-state index is -0.521. The molecule has 1 aromatic rings. The summed E-state index contributed by atoms with van der Waals surface area (Å²) >= 11 is 0. The zero-order valence-electron chi connectivity index (χ0n) is 8.37. The molecule has 0 aliphatic heterocycles. The molecule has 0 heterocycles. The first-order valence-corrected chi connectivity index (χ1v) is 4.42. The second kappa shape index (κ2) is 5.26. The first-order chi connectivity index (χ1) is 7.17. The third kappa shape index (κ3) is 3.18. The fourth-order valence-electron chi connectivity index (χ4n) is 1.07. The van der Waals surface area contributed by atoms with Crippen molar-refractivity contribution in [2.24, 2.45) is 5.73 Å². The number of nitrogens with two attached hydrogens (primary N) is 1. The highest BCUT2D eigenvalue weighted by atomic mass is 19.1. The molecule has 0 aromatic heterocycles. The number of hydrogen-bond donors (Lipinski definition) is 1. The monoisotopic (exact) mass is 209 g/mol. The molecule has 0 saturated carbocycles. The smallest absolute Gasteiger partial charge is 0.330 e. The van der Waals surface area contributed by atoms with Crippen LogP contribution in [-0.4, -0.2) is 13.1 Å². The van der Waals surface area contributed by atoms with E-state index in [4.69, 9.17) is 5.73 Å². The van der Waals surface area contributed by atoms with Gasteiger partial charge in [0.2, 0.25) is 0 Å². The highest BCUT2D eigenvalue weighted by Gasteiger charge is 2.00. The summed E-state index contributed by atoms with van der Waals surface area (Å²) < 4.78 is 17.6. The molecule has 3 nitrogen and oxygen atoms in total. The van der Waals surface area contributed by atoms with Crippen molar-refractivity contribution in [3.05, 3.63) is 41.2 Å². The number of carbonyl (C=O) groups excluding carboxylic acids is 1. The lowest BCUT2D eigenvalue weighted by Gasteiger charge is -2.00. The lowest BCUT2D eigenvalue weighted by Crippen LogP contribution is -1.98. The van der Waals surface area contributed by atoms with Crippen molar-refractivity contribution in [3.63, 3.8) is 0 Å². The van der Waals surface area contributed by atoms with Crippen LogP contribution in [0.4, 0.5) is 4.39 Å². The molecule has 4 heteroatoms. The van der Waals surface area contributed by atoms with E-state index in [2.05, 4.69) is 4.74 Å². The van der Waals surface area contributed by atoms with E-state index in [1.807, 2.05) is 0 Å². The highest BCUT2D eigenvalue weighted by molar-refractivity contribution is 5.86. The van der Waals surface area contributed by atoms with Gasteiger partial charge >= 0.3 is 5.97 Å². The second-order valence-corrected chi connectivity index (χ2v) is 2.92. The predicted molar refractivity (Wildman–Crippen MR) is 55.3 cm³/mol. The standard InChI is InChI=1S/C11H12FNO2/c1-15-11(14)5-3-9-6-8(7-13)2-4-10(9)12/h2-6H,7,13H2,1H3. The Morgan fingerprint density at radius 1 is 1.60 bits per heavy atom. The molecule has 80 valence electrons. The van der Waals surface area contributed by atoms with Gasteiger partial charge in [0, 0.05) is 18.2 Å². The van der Waals surface area contributed by atoms with E-state index >= 15 is 0 Å². The van der Waals surface area contributed by atoms with Gasteiger partial charge in [-0.15, -0.1) is 0 Å². The fourth-order valence-corrected chi connectivity index (χ4v) is 1.07. The SMILES string of the molecule is COC(=O)C=Cc1cc(CN)ccc1F. The van der Waals surface area contributed by atoms with Gasteiger partial charge in [-0.2, -0.15) is 0 Å². The van der Waals surface area contributed by atoms with Crippen LogP contribution in [0.2, 0.25) is 0 Å². The Hall–Kier alpha value is -1.68. The van der Waals surface area contributed by atoms with Crippen LogP contribution in [-0.2, 0) is 16.1 Å². The molecule has 0 saturated heterocycles. The van der Waals surface area contributed by atoms with Crippen molar-refractivity contribution in [2.45, 2.75) is 6.54 Å². The lowest BCUT2D eigenvalue weighted by molar-refractivity contribution is -0.134. The van der Waals surface area contributed by atoms with Crippen molar-refractivity contribution in [2.75, 3.05) is 7.11 Å². The van der Waals surface area contributed by atoms with Crippen LogP contribution in [0.3, 0.4) is 0 Å². The highest BCUT2D eigenvalue weighted by Crippen LogP contribution is 2.12. The summed E-state index contributed by atoms with van der Waals surface area (Å²) in [5.41, 5.74) is 6.54. The Bertz CT molecular complexity index is 388. The number of benzene rings is 1. The van der Waals surface area contributed by atoms with Gasteiger partial charge in [0.25, 0.3) is 0 Å². The van der Waals surface area contributed by atoms with Gasteiger partial charge in [0.05, 0.1) is 7.11 Å². The van der Waals surface area contributed by atoms with Crippen LogP contribution < -0.4 is 5.73 Å². The summed E-state index contributed by atoms with van der Waals surface area (Å²) in [6.45, 7) is 0.333. The molecule has 0 aliphatic rings. The molecular weight excluding hydrogens is 197 g/mol. The number of halogens is 1. The van der Waals surface area contributed by atoms with E-state index in [1.54, 1.807) is 12.1 Å². The Balaban J connectivity index is 2.93. The summed E-state index contributed by atoms with van der Waals surface area (Å²) in [5.74, 6) is -0.917. The van der Waals surface area contributed by atoms with Crippen molar-refractivity contribution in [1.29, 1.82) is 0 Å². The van der Waals surface area contributed by atoms with E-state index in [-0.39, 0.29) is 0 Å². The van der Waals surface area contributed by atoms with E-state index in [0.717, 1.165) is 5.56 Å². The number of methoxy groups -OCH3 is 1. The molecule has 0 aliphatic carbocycles. The quantitative estimate of drug-likeness (QED) is 0.605. The van der Waals surface area contributed by atoms with Gasteiger partial charge in [-0.05, 0) is 23.8 Å². The first kappa shape index (κ1) is 11.4. The molecule has 0 amide bonds. The molecular formula is C11H12FNO2. The number of esters is 1. The fraction of sp³-hybridized carbons (Fsp3) is 0.182. The topological polar surface area (TPSA) is 52.3 Å². The maximum absolute atomic E-state index is 13.2. The third-order valence-corrected chi connectivity index (χ3v) is 1.90. The number of hydrogen-bond acceptors (Lipinski definition) is 3. The maximum Gasteiger partial charge on any atom is 0.330 e. The van der Waals surface area contributed by atoms with E-state index in [1.165, 1.54) is 25.3 Å². The summed E-state index contributed by atoms with van der Waals surface area (Å²) in [5, 5.41) is 0. The van der Waals surface area contributed by atoms with Crippen LogP contribution >= 0.6 is 0 Å².